The van der Waals surface area contributed by atoms with Crippen LogP contribution in [0.4, 0.5) is 11.4 Å². The van der Waals surface area contributed by atoms with Crippen LogP contribution in [0.3, 0.4) is 0 Å². The summed E-state index contributed by atoms with van der Waals surface area (Å²) in [5.41, 5.74) is 6.24. The van der Waals surface area contributed by atoms with Crippen LogP contribution in [0.25, 0.3) is 0 Å². The van der Waals surface area contributed by atoms with Gasteiger partial charge in [0.05, 0.1) is 11.4 Å². The Morgan fingerprint density at radius 2 is 1.04 bits per heavy atom. The van der Waals surface area contributed by atoms with Gasteiger partial charge in [0.25, 0.3) is 0 Å². The zero-order valence-corrected chi connectivity index (χ0v) is 36.5. The molecule has 0 heterocycles. The van der Waals surface area contributed by atoms with Crippen LogP contribution in [-0.4, -0.2) is 25.5 Å². The van der Waals surface area contributed by atoms with Crippen LogP contribution in [0.15, 0.2) is 53.5 Å². The molecule has 3 aromatic carbocycles. The SMILES string of the molecule is CC(C)[O-].CC(C)[O-].CN(Cc1cc(C(C)(C)C)cc(C(C)(C)C)c1[O-])c1ccccc1N=Cc1cc(C(C)(C)C)cc(C(C)(C)C)c1[O-].[Zr+4]. The summed E-state index contributed by atoms with van der Waals surface area (Å²) in [6.07, 6.45) is 0.871. The molecule has 0 aromatic heterocycles. The van der Waals surface area contributed by atoms with Gasteiger partial charge in [-0.3, -0.25) is 4.99 Å². The Morgan fingerprint density at radius 1 is 0.640 bits per heavy atom. The van der Waals surface area contributed by atoms with Gasteiger partial charge in [-0.2, -0.15) is 0 Å². The summed E-state index contributed by atoms with van der Waals surface area (Å²) in [6, 6.07) is 16.1. The summed E-state index contributed by atoms with van der Waals surface area (Å²) < 4.78 is 0. The average Bonchev–Trinajstić information content (AvgIpc) is 2.90. The smallest absolute Gasteiger partial charge is 0.872 e. The number of nitrogens with zero attached hydrogens (tertiary/aromatic N) is 2. The molecule has 6 nitrogen and oxygen atoms in total. The number of para-hydroxylation sites is 2. The minimum atomic E-state index is -0.417. The Balaban J connectivity index is 0.00000241. The Hall–Kier alpha value is -2.47. The molecule has 0 aliphatic rings. The summed E-state index contributed by atoms with van der Waals surface area (Å²) in [4.78, 5) is 6.91. The summed E-state index contributed by atoms with van der Waals surface area (Å²) >= 11 is 0. The molecule has 7 heteroatoms. The van der Waals surface area contributed by atoms with Gasteiger partial charge in [-0.1, -0.05) is 153 Å². The second-order valence-corrected chi connectivity index (χ2v) is 17.7. The number of aliphatic imine (C=N–C) groups is 1. The molecular weight excluding hydrogens is 700 g/mol. The number of rotatable bonds is 5. The maximum Gasteiger partial charge on any atom is 4.00 e. The van der Waals surface area contributed by atoms with E-state index in [9.17, 15) is 20.4 Å². The molecule has 274 valence electrons. The molecule has 0 unspecified atom stereocenters. The van der Waals surface area contributed by atoms with E-state index < -0.39 is 12.2 Å². The number of anilines is 1. The number of hydrogen-bond donors (Lipinski definition) is 0. The zero-order chi connectivity index (χ0) is 38.3. The van der Waals surface area contributed by atoms with E-state index in [1.54, 1.807) is 33.9 Å². The second-order valence-electron chi connectivity index (χ2n) is 17.7. The molecule has 0 fully saturated rings. The van der Waals surface area contributed by atoms with E-state index in [0.717, 1.165) is 39.2 Å². The van der Waals surface area contributed by atoms with Crippen molar-refractivity contribution < 1.29 is 46.6 Å². The first-order valence-electron chi connectivity index (χ1n) is 17.4. The fraction of sp³-hybridized carbons (Fsp3) is 0.558. The molecule has 0 saturated carbocycles. The van der Waals surface area contributed by atoms with Gasteiger partial charge in [0.2, 0.25) is 0 Å². The van der Waals surface area contributed by atoms with E-state index in [0.29, 0.717) is 12.1 Å². The molecule has 0 atom stereocenters. The maximum absolute atomic E-state index is 13.6. The average molecular weight is 764 g/mol. The van der Waals surface area contributed by atoms with Gasteiger partial charge in [-0.15, -0.1) is 18.0 Å². The van der Waals surface area contributed by atoms with Gasteiger partial charge < -0.3 is 25.3 Å². The summed E-state index contributed by atoms with van der Waals surface area (Å²) in [6.45, 7) is 32.4. The monoisotopic (exact) mass is 762 g/mol. The van der Waals surface area contributed by atoms with E-state index in [2.05, 4.69) is 106 Å². The fourth-order valence-corrected chi connectivity index (χ4v) is 4.91. The van der Waals surface area contributed by atoms with Crippen LogP contribution in [0, 0.1) is 0 Å². The minimum absolute atomic E-state index is 0. The molecule has 0 amide bonds. The Bertz CT molecular complexity index is 1520. The van der Waals surface area contributed by atoms with Crippen molar-refractivity contribution in [3.05, 3.63) is 81.9 Å². The first kappa shape index (κ1) is 47.5. The normalized spacial score (nSPS) is 12.3. The van der Waals surface area contributed by atoms with Crippen molar-refractivity contribution in [3.8, 4) is 11.5 Å². The van der Waals surface area contributed by atoms with Crippen molar-refractivity contribution in [1.29, 1.82) is 0 Å². The third-order valence-corrected chi connectivity index (χ3v) is 7.67. The molecule has 0 aliphatic carbocycles. The maximum atomic E-state index is 13.6. The molecule has 50 heavy (non-hydrogen) atoms. The van der Waals surface area contributed by atoms with Crippen molar-refractivity contribution in [2.75, 3.05) is 11.9 Å². The van der Waals surface area contributed by atoms with Gasteiger partial charge in [-0.25, -0.2) is 0 Å². The third kappa shape index (κ3) is 15.0. The molecule has 0 spiro atoms. The van der Waals surface area contributed by atoms with E-state index in [1.165, 1.54) is 0 Å². The molecule has 0 N–H and O–H groups in total. The van der Waals surface area contributed by atoms with Crippen molar-refractivity contribution >= 4 is 17.6 Å². The topological polar surface area (TPSA) is 108 Å². The Labute approximate surface area is 324 Å². The van der Waals surface area contributed by atoms with Crippen LogP contribution >= 0.6 is 0 Å². The van der Waals surface area contributed by atoms with Gasteiger partial charge in [0.1, 0.15) is 0 Å². The minimum Gasteiger partial charge on any atom is -0.872 e. The van der Waals surface area contributed by atoms with Crippen molar-refractivity contribution in [2.45, 2.75) is 151 Å². The first-order chi connectivity index (χ1) is 22.1. The van der Waals surface area contributed by atoms with Gasteiger partial charge >= 0.3 is 26.2 Å². The molecule has 3 rings (SSSR count). The van der Waals surface area contributed by atoms with Crippen LogP contribution in [-0.2, 0) is 54.4 Å². The largest absolute Gasteiger partial charge is 4.00 e. The van der Waals surface area contributed by atoms with Gasteiger partial charge in [-0.05, 0) is 67.2 Å². The van der Waals surface area contributed by atoms with E-state index in [4.69, 9.17) is 4.99 Å². The fourth-order valence-electron chi connectivity index (χ4n) is 4.91. The molecular formula is C43H64N2O4Zr. The quantitative estimate of drug-likeness (QED) is 0.246. The van der Waals surface area contributed by atoms with Crippen LogP contribution in [0.5, 0.6) is 11.5 Å². The van der Waals surface area contributed by atoms with Gasteiger partial charge in [0, 0.05) is 19.8 Å². The Kier molecular flexibility index (Phi) is 17.9. The molecule has 3 aromatic rings. The molecule has 0 radical (unpaired) electrons. The van der Waals surface area contributed by atoms with Crippen LogP contribution in [0.1, 0.15) is 144 Å². The third-order valence-electron chi connectivity index (χ3n) is 7.67. The van der Waals surface area contributed by atoms with E-state index >= 15 is 0 Å². The van der Waals surface area contributed by atoms with Crippen molar-refractivity contribution in [2.24, 2.45) is 4.99 Å². The molecule has 0 aliphatic heterocycles. The molecule has 0 bridgehead atoms. The first-order valence-corrected chi connectivity index (χ1v) is 17.4. The van der Waals surface area contributed by atoms with Crippen LogP contribution < -0.4 is 25.3 Å². The van der Waals surface area contributed by atoms with Gasteiger partial charge in [0.15, 0.2) is 0 Å². The predicted molar refractivity (Wildman–Crippen MR) is 203 cm³/mol. The summed E-state index contributed by atoms with van der Waals surface area (Å²) in [5, 5.41) is 46.2. The zero-order valence-electron chi connectivity index (χ0n) is 34.1. The number of hydrogen-bond acceptors (Lipinski definition) is 6. The van der Waals surface area contributed by atoms with E-state index in [-0.39, 0.29) is 59.4 Å². The van der Waals surface area contributed by atoms with E-state index in [1.807, 2.05) is 37.4 Å². The van der Waals surface area contributed by atoms with Crippen LogP contribution in [0.2, 0.25) is 0 Å². The summed E-state index contributed by atoms with van der Waals surface area (Å²) in [5.74, 6) is 0.118. The number of benzene rings is 3. The Morgan fingerprint density at radius 3 is 1.46 bits per heavy atom. The summed E-state index contributed by atoms with van der Waals surface area (Å²) in [7, 11) is 1.99. The standard InChI is InChI=1S/C37H52N2O2.2C3H7O.Zr/c1-34(2,3)26-18-24(32(40)28(20-26)36(7,8)9)22-38-30-16-14-15-17-31(30)39(13)23-25-19-27(35(4,5)6)21-29(33(25)41)37(10,11)12;2*1-3(2)4;/h14-22,40-41H,23H2,1-13H3;2*3H,1-2H3;/q;2*-1;+4/p-2. The second kappa shape index (κ2) is 18.9. The van der Waals surface area contributed by atoms with Crippen molar-refractivity contribution in [1.82, 2.24) is 0 Å². The molecule has 0 saturated heterocycles. The predicted octanol–water partition coefficient (Wildman–Crippen LogP) is 7.92. The van der Waals surface area contributed by atoms with Crippen molar-refractivity contribution in [3.63, 3.8) is 0 Å².